The van der Waals surface area contributed by atoms with E-state index in [1.165, 1.54) is 45.2 Å². The highest BCUT2D eigenvalue weighted by molar-refractivity contribution is 5.98. The lowest BCUT2D eigenvalue weighted by Crippen LogP contribution is -2.48. The van der Waals surface area contributed by atoms with Gasteiger partial charge in [0.25, 0.3) is 0 Å². The Morgan fingerprint density at radius 2 is 1.79 bits per heavy atom. The Morgan fingerprint density at radius 3 is 2.52 bits per heavy atom. The zero-order valence-corrected chi connectivity index (χ0v) is 33.5. The Kier molecular flexibility index (Phi) is 14.3. The molecule has 8 rings (SSSR count). The summed E-state index contributed by atoms with van der Waals surface area (Å²) in [4.78, 5) is 20.0. The van der Waals surface area contributed by atoms with Crippen LogP contribution < -0.4 is 20.2 Å². The number of benzene rings is 4. The summed E-state index contributed by atoms with van der Waals surface area (Å²) in [6, 6.07) is 22.3. The lowest BCUT2D eigenvalue weighted by molar-refractivity contribution is -0.156. The van der Waals surface area contributed by atoms with Crippen molar-refractivity contribution in [3.63, 3.8) is 0 Å². The summed E-state index contributed by atoms with van der Waals surface area (Å²) in [5.41, 5.74) is 9.33. The van der Waals surface area contributed by atoms with Gasteiger partial charge in [-0.2, -0.15) is 5.26 Å². The molecule has 1 aliphatic carbocycles. The average Bonchev–Trinajstić information content (AvgIpc) is 3.89. The Balaban J connectivity index is 0.00000108. The second-order valence-electron chi connectivity index (χ2n) is 14.4. The van der Waals surface area contributed by atoms with E-state index in [1.807, 2.05) is 72.7 Å². The van der Waals surface area contributed by atoms with Gasteiger partial charge in [-0.3, -0.25) is 0 Å². The highest BCUT2D eigenvalue weighted by Crippen LogP contribution is 2.42. The van der Waals surface area contributed by atoms with Gasteiger partial charge in [0.05, 0.1) is 43.5 Å². The van der Waals surface area contributed by atoms with Gasteiger partial charge in [0.2, 0.25) is 5.89 Å². The summed E-state index contributed by atoms with van der Waals surface area (Å²) < 4.78 is 17.5. The standard InChI is InChI=1S/C42H44N6O5.C2H4O.CH4O/c1-25-30(10-6-11-31(25)42-47-36-17-26(16-27(20-43)41(36)52-42)22-45-28-8-4-3-5-9-28)32-12-7-13-35(33(32)21-44)46-29-18-39(50-2)34-23-48(53-40(34)19-29)37-14-15-51-24-38(37)49;1-2-3;1-2/h6-7,10-13,16-19,21,28,37-38,44-46,49H,3-5,8-9,14-15,22-24H2,1-2H3;2H,1H3;2H,1H3. The number of carbonyl (C=O) groups is 1. The molecule has 2 unspecified atom stereocenters. The van der Waals surface area contributed by atoms with E-state index in [9.17, 15) is 10.4 Å². The molecule has 2 aliphatic heterocycles. The molecule has 3 aliphatic rings. The highest BCUT2D eigenvalue weighted by atomic mass is 16.7. The number of nitrogens with zero attached hydrogens (tertiary/aromatic N) is 3. The predicted molar refractivity (Wildman–Crippen MR) is 223 cm³/mol. The van der Waals surface area contributed by atoms with E-state index in [-0.39, 0.29) is 12.6 Å². The number of ether oxygens (including phenoxy) is 2. The normalized spacial score (nSPS) is 17.7. The van der Waals surface area contributed by atoms with Gasteiger partial charge in [-0.15, -0.1) is 5.06 Å². The van der Waals surface area contributed by atoms with Crippen LogP contribution in [0.4, 0.5) is 11.4 Å². The minimum Gasteiger partial charge on any atom is -0.496 e. The van der Waals surface area contributed by atoms with Crippen LogP contribution in [0.5, 0.6) is 11.5 Å². The van der Waals surface area contributed by atoms with Crippen LogP contribution in [-0.4, -0.2) is 78.4 Å². The van der Waals surface area contributed by atoms with Crippen molar-refractivity contribution in [3.05, 3.63) is 88.5 Å². The molecule has 304 valence electrons. The van der Waals surface area contributed by atoms with E-state index < -0.39 is 6.10 Å². The van der Waals surface area contributed by atoms with E-state index in [0.29, 0.717) is 71.8 Å². The Labute approximate surface area is 339 Å². The zero-order valence-electron chi connectivity index (χ0n) is 33.5. The van der Waals surface area contributed by atoms with Crippen molar-refractivity contribution in [1.82, 2.24) is 15.4 Å². The smallest absolute Gasteiger partial charge is 0.227 e. The fraction of sp³-hybridized carbons (Fsp3) is 0.378. The van der Waals surface area contributed by atoms with Gasteiger partial charge >= 0.3 is 0 Å². The Hall–Kier alpha value is -5.62. The number of carbonyl (C=O) groups excluding carboxylic acids is 1. The van der Waals surface area contributed by atoms with Crippen LogP contribution in [-0.2, 0) is 22.6 Å². The van der Waals surface area contributed by atoms with Crippen molar-refractivity contribution in [2.24, 2.45) is 0 Å². The molecule has 4 aromatic carbocycles. The molecule has 2 atom stereocenters. The number of aromatic nitrogens is 1. The van der Waals surface area contributed by atoms with Crippen LogP contribution in [0, 0.1) is 23.7 Å². The Bertz CT molecular complexity index is 2260. The monoisotopic (exact) mass is 788 g/mol. The highest BCUT2D eigenvalue weighted by Gasteiger charge is 2.36. The van der Waals surface area contributed by atoms with E-state index >= 15 is 0 Å². The van der Waals surface area contributed by atoms with Crippen LogP contribution in [0.3, 0.4) is 0 Å². The minimum atomic E-state index is -0.634. The SMILES string of the molecule is CC=O.CO.COc1cc(Nc2cccc(-c3cccc(-c4nc5cc(CNC6CCCCC6)cc(C#N)c5o4)c3C)c2C=N)cc2c1CN(C1CCOCC1O)O2. The fourth-order valence-electron chi connectivity index (χ4n) is 8.00. The largest absolute Gasteiger partial charge is 0.496 e. The summed E-state index contributed by atoms with van der Waals surface area (Å²) in [5, 5.41) is 45.1. The molecule has 13 heteroatoms. The maximum absolute atomic E-state index is 10.5. The first-order valence-corrected chi connectivity index (χ1v) is 19.7. The number of oxazole rings is 1. The molecule has 1 aromatic heterocycles. The second kappa shape index (κ2) is 19.7. The first-order valence-electron chi connectivity index (χ1n) is 19.7. The molecule has 3 heterocycles. The summed E-state index contributed by atoms with van der Waals surface area (Å²) in [6.07, 6.45) is 8.36. The molecule has 0 amide bonds. The maximum Gasteiger partial charge on any atom is 0.227 e. The van der Waals surface area contributed by atoms with E-state index in [2.05, 4.69) is 16.7 Å². The number of anilines is 2. The molecule has 5 N–H and O–H groups in total. The third-order valence-electron chi connectivity index (χ3n) is 10.8. The molecular weight excluding hydrogens is 737 g/mol. The first-order chi connectivity index (χ1) is 28.3. The number of nitriles is 1. The predicted octanol–water partition coefficient (Wildman–Crippen LogP) is 7.59. The number of aliphatic hydroxyl groups is 2. The molecule has 1 saturated heterocycles. The third kappa shape index (κ3) is 9.07. The molecule has 58 heavy (non-hydrogen) atoms. The summed E-state index contributed by atoms with van der Waals surface area (Å²) in [6.45, 7) is 5.51. The number of aliphatic hydroxyl groups excluding tert-OH is 2. The summed E-state index contributed by atoms with van der Waals surface area (Å²) >= 11 is 0. The topological polar surface area (TPSA) is 186 Å². The molecule has 1 saturated carbocycles. The average molecular weight is 789 g/mol. The number of fused-ring (bicyclic) bond motifs is 2. The van der Waals surface area contributed by atoms with Gasteiger partial charge in [0.15, 0.2) is 11.3 Å². The number of hydrogen-bond acceptors (Lipinski definition) is 13. The summed E-state index contributed by atoms with van der Waals surface area (Å²) in [7, 11) is 2.64. The van der Waals surface area contributed by atoms with Crippen molar-refractivity contribution in [1.29, 1.82) is 10.7 Å². The molecule has 0 spiro atoms. The van der Waals surface area contributed by atoms with Crippen LogP contribution in [0.1, 0.15) is 73.3 Å². The van der Waals surface area contributed by atoms with Crippen molar-refractivity contribution in [2.45, 2.75) is 83.6 Å². The van der Waals surface area contributed by atoms with Gasteiger partial charge in [0, 0.05) is 67.2 Å². The van der Waals surface area contributed by atoms with Gasteiger partial charge in [0.1, 0.15) is 23.6 Å². The van der Waals surface area contributed by atoms with E-state index in [0.717, 1.165) is 58.2 Å². The lowest BCUT2D eigenvalue weighted by Gasteiger charge is -2.33. The van der Waals surface area contributed by atoms with Crippen LogP contribution in [0.15, 0.2) is 65.1 Å². The number of hydrogen-bond donors (Lipinski definition) is 5. The van der Waals surface area contributed by atoms with E-state index in [4.69, 9.17) is 39.0 Å². The number of rotatable bonds is 10. The molecule has 5 aromatic rings. The van der Waals surface area contributed by atoms with Gasteiger partial charge in [-0.05, 0) is 79.6 Å². The number of hydroxylamine groups is 2. The van der Waals surface area contributed by atoms with E-state index in [1.54, 1.807) is 7.11 Å². The molecule has 0 bridgehead atoms. The van der Waals surface area contributed by atoms with Crippen LogP contribution in [0.2, 0.25) is 0 Å². The third-order valence-corrected chi connectivity index (χ3v) is 10.8. The minimum absolute atomic E-state index is 0.175. The summed E-state index contributed by atoms with van der Waals surface area (Å²) in [5.74, 6) is 1.79. The van der Waals surface area contributed by atoms with Crippen molar-refractivity contribution < 1.29 is 33.7 Å². The van der Waals surface area contributed by atoms with Crippen molar-refractivity contribution in [3.8, 4) is 40.1 Å². The number of methoxy groups -OCH3 is 1. The second-order valence-corrected chi connectivity index (χ2v) is 14.4. The van der Waals surface area contributed by atoms with Gasteiger partial charge in [-0.25, -0.2) is 4.98 Å². The molecule has 13 nitrogen and oxygen atoms in total. The van der Waals surface area contributed by atoms with Gasteiger partial charge in [-0.1, -0.05) is 43.5 Å². The Morgan fingerprint density at radius 1 is 1.05 bits per heavy atom. The first kappa shape index (κ1) is 42.0. The number of aldehydes is 1. The van der Waals surface area contributed by atoms with Crippen molar-refractivity contribution in [2.75, 3.05) is 32.8 Å². The van der Waals surface area contributed by atoms with Gasteiger partial charge < -0.3 is 49.8 Å². The zero-order chi connectivity index (χ0) is 41.2. The quantitative estimate of drug-likeness (QED) is 0.0691. The fourth-order valence-corrected chi connectivity index (χ4v) is 8.00. The van der Waals surface area contributed by atoms with Crippen molar-refractivity contribution >= 4 is 35.0 Å². The molecule has 2 fully saturated rings. The molecular formula is C45H52N6O7. The number of nitrogens with one attached hydrogen (secondary N) is 3. The lowest BCUT2D eigenvalue weighted by atomic mass is 9.92. The maximum atomic E-state index is 10.5. The van der Waals surface area contributed by atoms with Crippen LogP contribution >= 0.6 is 0 Å². The van der Waals surface area contributed by atoms with Crippen LogP contribution in [0.25, 0.3) is 33.7 Å². The molecule has 0 radical (unpaired) electrons.